The standard InChI is InChI=1S/C17H21BrN4O/c1-12-6-7-15(14(18)10-12)19-11-17(23)21-16-8-9-20-22(16)13-4-2-3-5-13/h6-10,13,19H,2-5,11H2,1H3,(H,21,23). The number of nitrogens with zero attached hydrogens (tertiary/aromatic N) is 2. The van der Waals surface area contributed by atoms with Crippen molar-refractivity contribution < 1.29 is 4.79 Å². The molecule has 1 heterocycles. The minimum Gasteiger partial charge on any atom is -0.375 e. The maximum absolute atomic E-state index is 12.2. The van der Waals surface area contributed by atoms with E-state index < -0.39 is 0 Å². The van der Waals surface area contributed by atoms with Gasteiger partial charge in [-0.2, -0.15) is 5.10 Å². The van der Waals surface area contributed by atoms with Gasteiger partial charge in [-0.1, -0.05) is 18.9 Å². The fraction of sp³-hybridized carbons (Fsp3) is 0.412. The van der Waals surface area contributed by atoms with Gasteiger partial charge in [-0.25, -0.2) is 4.68 Å². The highest BCUT2D eigenvalue weighted by Crippen LogP contribution is 2.31. The van der Waals surface area contributed by atoms with Crippen molar-refractivity contribution >= 4 is 33.3 Å². The number of nitrogens with one attached hydrogen (secondary N) is 2. The average molecular weight is 377 g/mol. The van der Waals surface area contributed by atoms with Crippen molar-refractivity contribution in [3.63, 3.8) is 0 Å². The first-order chi connectivity index (χ1) is 11.1. The Hall–Kier alpha value is -1.82. The molecule has 0 saturated heterocycles. The van der Waals surface area contributed by atoms with E-state index in [2.05, 4.69) is 31.7 Å². The number of hydrogen-bond acceptors (Lipinski definition) is 3. The van der Waals surface area contributed by atoms with Crippen molar-refractivity contribution in [2.24, 2.45) is 0 Å². The van der Waals surface area contributed by atoms with Crippen LogP contribution in [0.25, 0.3) is 0 Å². The Morgan fingerprint density at radius 3 is 2.87 bits per heavy atom. The Labute approximate surface area is 144 Å². The third kappa shape index (κ3) is 3.93. The van der Waals surface area contributed by atoms with E-state index in [1.807, 2.05) is 35.9 Å². The summed E-state index contributed by atoms with van der Waals surface area (Å²) in [6, 6.07) is 8.28. The zero-order valence-electron chi connectivity index (χ0n) is 13.2. The number of rotatable bonds is 5. The van der Waals surface area contributed by atoms with E-state index in [1.165, 1.54) is 18.4 Å². The maximum Gasteiger partial charge on any atom is 0.244 e. The Morgan fingerprint density at radius 2 is 2.13 bits per heavy atom. The average Bonchev–Trinajstić information content (AvgIpc) is 3.17. The van der Waals surface area contributed by atoms with Gasteiger partial charge in [-0.3, -0.25) is 4.79 Å². The van der Waals surface area contributed by atoms with Crippen molar-refractivity contribution in [3.05, 3.63) is 40.5 Å². The van der Waals surface area contributed by atoms with Crippen molar-refractivity contribution in [1.29, 1.82) is 0 Å². The molecule has 122 valence electrons. The number of halogens is 1. The predicted molar refractivity (Wildman–Crippen MR) is 95.7 cm³/mol. The van der Waals surface area contributed by atoms with Gasteiger partial charge in [-0.05, 0) is 53.4 Å². The van der Waals surface area contributed by atoms with Crippen LogP contribution in [0, 0.1) is 6.92 Å². The van der Waals surface area contributed by atoms with E-state index in [4.69, 9.17) is 0 Å². The third-order valence-electron chi connectivity index (χ3n) is 4.17. The lowest BCUT2D eigenvalue weighted by atomic mass is 10.2. The minimum absolute atomic E-state index is 0.0720. The van der Waals surface area contributed by atoms with E-state index in [-0.39, 0.29) is 12.5 Å². The summed E-state index contributed by atoms with van der Waals surface area (Å²) in [6.45, 7) is 2.25. The molecule has 23 heavy (non-hydrogen) atoms. The van der Waals surface area contributed by atoms with Crippen LogP contribution in [0.4, 0.5) is 11.5 Å². The van der Waals surface area contributed by atoms with E-state index in [0.29, 0.717) is 6.04 Å². The van der Waals surface area contributed by atoms with Crippen molar-refractivity contribution in [2.75, 3.05) is 17.2 Å². The van der Waals surface area contributed by atoms with Gasteiger partial charge < -0.3 is 10.6 Å². The molecule has 6 heteroatoms. The number of carbonyl (C=O) groups is 1. The Morgan fingerprint density at radius 1 is 1.35 bits per heavy atom. The largest absolute Gasteiger partial charge is 0.375 e. The molecule has 1 aromatic heterocycles. The summed E-state index contributed by atoms with van der Waals surface area (Å²) >= 11 is 3.51. The van der Waals surface area contributed by atoms with E-state index in [9.17, 15) is 4.79 Å². The van der Waals surface area contributed by atoms with Gasteiger partial charge in [0, 0.05) is 16.2 Å². The van der Waals surface area contributed by atoms with Crippen LogP contribution >= 0.6 is 15.9 Å². The normalized spacial score (nSPS) is 14.9. The van der Waals surface area contributed by atoms with E-state index in [1.54, 1.807) is 6.20 Å². The molecule has 1 fully saturated rings. The van der Waals surface area contributed by atoms with Gasteiger partial charge >= 0.3 is 0 Å². The molecule has 0 aliphatic heterocycles. The number of aryl methyl sites for hydroxylation is 1. The predicted octanol–water partition coefficient (Wildman–Crippen LogP) is 4.12. The maximum atomic E-state index is 12.2. The fourth-order valence-electron chi connectivity index (χ4n) is 2.98. The molecule has 2 N–H and O–H groups in total. The molecule has 5 nitrogen and oxygen atoms in total. The number of hydrogen-bond donors (Lipinski definition) is 2. The smallest absolute Gasteiger partial charge is 0.244 e. The number of aromatic nitrogens is 2. The summed E-state index contributed by atoms with van der Waals surface area (Å²) in [4.78, 5) is 12.2. The van der Waals surface area contributed by atoms with Gasteiger partial charge in [0.2, 0.25) is 5.91 Å². The Kier molecular flexibility index (Phi) is 5.00. The summed E-state index contributed by atoms with van der Waals surface area (Å²) in [5.74, 6) is 0.712. The summed E-state index contributed by atoms with van der Waals surface area (Å²) in [5, 5.41) is 10.5. The molecular weight excluding hydrogens is 356 g/mol. The molecule has 3 rings (SSSR count). The molecule has 0 unspecified atom stereocenters. The first-order valence-corrected chi connectivity index (χ1v) is 8.76. The van der Waals surface area contributed by atoms with Gasteiger partial charge in [0.25, 0.3) is 0 Å². The van der Waals surface area contributed by atoms with Crippen molar-refractivity contribution in [2.45, 2.75) is 38.6 Å². The summed E-state index contributed by atoms with van der Waals surface area (Å²) in [7, 11) is 0. The highest BCUT2D eigenvalue weighted by atomic mass is 79.9. The zero-order chi connectivity index (χ0) is 16.2. The lowest BCUT2D eigenvalue weighted by Crippen LogP contribution is -2.24. The summed E-state index contributed by atoms with van der Waals surface area (Å²) < 4.78 is 2.91. The second kappa shape index (κ2) is 7.17. The van der Waals surface area contributed by atoms with Gasteiger partial charge in [0.15, 0.2) is 0 Å². The number of amides is 1. The fourth-order valence-corrected chi connectivity index (χ4v) is 3.61. The van der Waals surface area contributed by atoms with E-state index >= 15 is 0 Å². The Balaban J connectivity index is 1.58. The molecule has 1 aliphatic carbocycles. The van der Waals surface area contributed by atoms with Crippen LogP contribution in [0.5, 0.6) is 0 Å². The van der Waals surface area contributed by atoms with E-state index in [0.717, 1.165) is 28.8 Å². The molecule has 1 aliphatic rings. The summed E-state index contributed by atoms with van der Waals surface area (Å²) in [6.07, 6.45) is 6.50. The number of benzene rings is 1. The lowest BCUT2D eigenvalue weighted by molar-refractivity contribution is -0.114. The monoisotopic (exact) mass is 376 g/mol. The molecule has 0 spiro atoms. The highest BCUT2D eigenvalue weighted by Gasteiger charge is 2.20. The van der Waals surface area contributed by atoms with Crippen molar-refractivity contribution in [1.82, 2.24) is 9.78 Å². The molecule has 0 atom stereocenters. The Bertz CT molecular complexity index is 692. The lowest BCUT2D eigenvalue weighted by Gasteiger charge is -2.15. The number of anilines is 2. The first kappa shape index (κ1) is 16.1. The van der Waals surface area contributed by atoms with Crippen LogP contribution in [0.3, 0.4) is 0 Å². The van der Waals surface area contributed by atoms with Gasteiger partial charge in [0.1, 0.15) is 5.82 Å². The molecular formula is C17H21BrN4O. The third-order valence-corrected chi connectivity index (χ3v) is 4.83. The second-order valence-electron chi connectivity index (χ2n) is 5.98. The minimum atomic E-state index is -0.0720. The van der Waals surface area contributed by atoms with Crippen LogP contribution < -0.4 is 10.6 Å². The quantitative estimate of drug-likeness (QED) is 0.824. The van der Waals surface area contributed by atoms with Crippen LogP contribution in [0.15, 0.2) is 34.9 Å². The zero-order valence-corrected chi connectivity index (χ0v) is 14.8. The highest BCUT2D eigenvalue weighted by molar-refractivity contribution is 9.10. The van der Waals surface area contributed by atoms with Crippen LogP contribution in [0.1, 0.15) is 37.3 Å². The first-order valence-electron chi connectivity index (χ1n) is 7.97. The second-order valence-corrected chi connectivity index (χ2v) is 6.84. The SMILES string of the molecule is Cc1ccc(NCC(=O)Nc2ccnn2C2CCCC2)c(Br)c1. The van der Waals surface area contributed by atoms with Crippen LogP contribution in [0.2, 0.25) is 0 Å². The van der Waals surface area contributed by atoms with Crippen LogP contribution in [-0.4, -0.2) is 22.2 Å². The van der Waals surface area contributed by atoms with Crippen LogP contribution in [-0.2, 0) is 4.79 Å². The van der Waals surface area contributed by atoms with Gasteiger partial charge in [-0.15, -0.1) is 0 Å². The molecule has 1 amide bonds. The summed E-state index contributed by atoms with van der Waals surface area (Å²) in [5.41, 5.74) is 2.09. The molecule has 0 radical (unpaired) electrons. The molecule has 0 bridgehead atoms. The van der Waals surface area contributed by atoms with Crippen molar-refractivity contribution in [3.8, 4) is 0 Å². The topological polar surface area (TPSA) is 59.0 Å². The molecule has 1 saturated carbocycles. The number of carbonyl (C=O) groups excluding carboxylic acids is 1. The van der Waals surface area contributed by atoms with Gasteiger partial charge in [0.05, 0.1) is 18.8 Å². The molecule has 2 aromatic rings. The molecule has 1 aromatic carbocycles.